The Bertz CT molecular complexity index is 997. The molecule has 2 fully saturated rings. The topological polar surface area (TPSA) is 61.0 Å². The third kappa shape index (κ3) is 4.93. The average molecular weight is 492 g/mol. The first-order chi connectivity index (χ1) is 16.7. The Kier molecular flexibility index (Phi) is 7.06. The lowest BCUT2D eigenvalue weighted by Gasteiger charge is -2.32. The number of rotatable bonds is 7. The monoisotopic (exact) mass is 492 g/mol. The Morgan fingerprint density at radius 2 is 0.861 bits per heavy atom. The lowest BCUT2D eigenvalue weighted by molar-refractivity contribution is 0.00578. The molecule has 0 aliphatic carbocycles. The molecule has 0 amide bonds. The fraction of sp³-hybridized carbons (Fsp3) is 0.571. The van der Waals surface area contributed by atoms with Gasteiger partial charge in [0.15, 0.2) is 0 Å². The van der Waals surface area contributed by atoms with Gasteiger partial charge in [0.05, 0.1) is 33.8 Å². The molecular formula is C28H42B2N2O4. The molecule has 194 valence electrons. The highest BCUT2D eigenvalue weighted by Gasteiger charge is 2.53. The van der Waals surface area contributed by atoms with Crippen molar-refractivity contribution in [2.75, 3.05) is 10.9 Å². The van der Waals surface area contributed by atoms with Crippen molar-refractivity contribution in [1.82, 2.24) is 0 Å². The summed E-state index contributed by atoms with van der Waals surface area (Å²) in [6.07, 6.45) is 1.87. The molecule has 8 heteroatoms. The molecule has 4 rings (SSSR count). The number of nitrogens with one attached hydrogen (secondary N) is 2. The van der Waals surface area contributed by atoms with Crippen LogP contribution in [-0.2, 0) is 31.5 Å². The lowest BCUT2D eigenvalue weighted by atomic mass is 9.76. The van der Waals surface area contributed by atoms with E-state index in [1.165, 1.54) is 11.1 Å². The molecule has 2 saturated heterocycles. The number of hydrogen-bond donors (Lipinski definition) is 2. The molecule has 2 aliphatic rings. The molecule has 0 atom stereocenters. The van der Waals surface area contributed by atoms with Crippen molar-refractivity contribution in [3.8, 4) is 0 Å². The van der Waals surface area contributed by atoms with E-state index in [4.69, 9.17) is 18.6 Å². The largest absolute Gasteiger partial charge is 0.497 e. The molecule has 0 unspecified atom stereocenters. The first kappa shape index (κ1) is 27.1. The predicted octanol–water partition coefficient (Wildman–Crippen LogP) is 4.85. The van der Waals surface area contributed by atoms with E-state index >= 15 is 0 Å². The number of hydrogen-bond acceptors (Lipinski definition) is 6. The Morgan fingerprint density at radius 1 is 0.556 bits per heavy atom. The van der Waals surface area contributed by atoms with Gasteiger partial charge in [0, 0.05) is 10.9 Å². The van der Waals surface area contributed by atoms with Gasteiger partial charge in [0.1, 0.15) is 0 Å². The zero-order valence-corrected chi connectivity index (χ0v) is 23.7. The van der Waals surface area contributed by atoms with Crippen LogP contribution < -0.4 is 21.8 Å². The Labute approximate surface area is 218 Å². The summed E-state index contributed by atoms with van der Waals surface area (Å²) < 4.78 is 25.6. The van der Waals surface area contributed by atoms with Gasteiger partial charge in [-0.3, -0.25) is 0 Å². The molecule has 2 heterocycles. The molecule has 0 spiro atoms. The highest BCUT2D eigenvalue weighted by Crippen LogP contribution is 2.38. The smallest absolute Gasteiger partial charge is 0.399 e. The molecule has 0 aromatic heterocycles. The molecule has 2 aromatic carbocycles. The van der Waals surface area contributed by atoms with Crippen molar-refractivity contribution in [2.45, 2.75) is 104 Å². The normalized spacial score (nSPS) is 21.6. The summed E-state index contributed by atoms with van der Waals surface area (Å²) in [5, 5.41) is 0. The second-order valence-corrected chi connectivity index (χ2v) is 12.0. The first-order valence-corrected chi connectivity index (χ1v) is 13.2. The summed E-state index contributed by atoms with van der Waals surface area (Å²) >= 11 is 0. The van der Waals surface area contributed by atoms with E-state index in [0.717, 1.165) is 35.1 Å². The van der Waals surface area contributed by atoms with Gasteiger partial charge in [-0.2, -0.15) is 0 Å². The van der Waals surface area contributed by atoms with Crippen LogP contribution in [0, 0.1) is 0 Å². The minimum absolute atomic E-state index is 0.412. The van der Waals surface area contributed by atoms with Crippen LogP contribution in [0.4, 0.5) is 11.4 Å². The van der Waals surface area contributed by atoms with Gasteiger partial charge in [-0.15, -0.1) is 0 Å². The van der Waals surface area contributed by atoms with E-state index in [-0.39, 0.29) is 0 Å². The number of anilines is 2. The summed E-state index contributed by atoms with van der Waals surface area (Å²) in [6, 6.07) is 12.8. The maximum atomic E-state index is 6.39. The molecule has 36 heavy (non-hydrogen) atoms. The zero-order valence-electron chi connectivity index (χ0n) is 23.7. The van der Waals surface area contributed by atoms with Crippen LogP contribution in [0.5, 0.6) is 0 Å². The Morgan fingerprint density at radius 3 is 1.14 bits per heavy atom. The molecule has 2 aliphatic heterocycles. The molecular weight excluding hydrogens is 450 g/mol. The van der Waals surface area contributed by atoms with Crippen molar-refractivity contribution in [3.63, 3.8) is 0 Å². The van der Waals surface area contributed by atoms with Crippen LogP contribution in [-0.4, -0.2) is 36.6 Å². The van der Waals surface area contributed by atoms with Crippen LogP contribution in [0.25, 0.3) is 0 Å². The third-order valence-corrected chi connectivity index (χ3v) is 8.39. The SMILES string of the molecule is CCc1ccc(NNc2ccc(CC)cc2B2OC(C)(C)C(C)(C)O2)c(B2OC(C)(C)C(C)(C)O2)c1. The maximum absolute atomic E-state index is 6.39. The van der Waals surface area contributed by atoms with Crippen LogP contribution in [0.2, 0.25) is 0 Å². The summed E-state index contributed by atoms with van der Waals surface area (Å²) in [4.78, 5) is 0. The van der Waals surface area contributed by atoms with E-state index in [0.29, 0.717) is 0 Å². The predicted molar refractivity (Wildman–Crippen MR) is 150 cm³/mol. The zero-order chi connectivity index (χ0) is 26.5. The van der Waals surface area contributed by atoms with Crippen molar-refractivity contribution in [1.29, 1.82) is 0 Å². The van der Waals surface area contributed by atoms with Crippen molar-refractivity contribution >= 4 is 36.5 Å². The summed E-state index contributed by atoms with van der Waals surface area (Å²) in [6.45, 7) is 20.9. The van der Waals surface area contributed by atoms with E-state index in [2.05, 4.69) is 116 Å². The van der Waals surface area contributed by atoms with E-state index in [1.807, 2.05) is 0 Å². The van der Waals surface area contributed by atoms with Crippen molar-refractivity contribution < 1.29 is 18.6 Å². The van der Waals surface area contributed by atoms with Gasteiger partial charge in [-0.05, 0) is 91.5 Å². The van der Waals surface area contributed by atoms with Gasteiger partial charge < -0.3 is 29.5 Å². The number of benzene rings is 2. The van der Waals surface area contributed by atoms with Gasteiger partial charge in [-0.1, -0.05) is 38.1 Å². The minimum Gasteiger partial charge on any atom is -0.399 e. The van der Waals surface area contributed by atoms with Crippen LogP contribution >= 0.6 is 0 Å². The van der Waals surface area contributed by atoms with E-state index < -0.39 is 36.6 Å². The van der Waals surface area contributed by atoms with Gasteiger partial charge >= 0.3 is 14.2 Å². The summed E-state index contributed by atoms with van der Waals surface area (Å²) in [5.41, 5.74) is 11.4. The molecule has 6 nitrogen and oxygen atoms in total. The lowest BCUT2D eigenvalue weighted by Crippen LogP contribution is -2.41. The Balaban J connectivity index is 1.63. The van der Waals surface area contributed by atoms with E-state index in [9.17, 15) is 0 Å². The third-order valence-electron chi connectivity index (χ3n) is 8.39. The molecule has 0 radical (unpaired) electrons. The second-order valence-electron chi connectivity index (χ2n) is 12.0. The van der Waals surface area contributed by atoms with Gasteiger partial charge in [0.25, 0.3) is 0 Å². The van der Waals surface area contributed by atoms with Crippen LogP contribution in [0.3, 0.4) is 0 Å². The molecule has 2 aromatic rings. The van der Waals surface area contributed by atoms with Gasteiger partial charge in [-0.25, -0.2) is 0 Å². The van der Waals surface area contributed by atoms with Crippen LogP contribution in [0.1, 0.15) is 80.4 Å². The number of hydrazine groups is 1. The average Bonchev–Trinajstić information content (AvgIpc) is 3.16. The molecule has 0 saturated carbocycles. The fourth-order valence-electron chi connectivity index (χ4n) is 4.36. The standard InChI is InChI=1S/C28H42B2N2O4/c1-11-19-13-15-23(21(17-19)29-33-25(3,4)26(5,6)34-29)31-32-24-16-14-20(12-2)18-22(24)30-35-27(7,8)28(9,10)36-30/h13-18,31-32H,11-12H2,1-10H3. The van der Waals surface area contributed by atoms with Gasteiger partial charge in [0.2, 0.25) is 0 Å². The minimum atomic E-state index is -0.462. The van der Waals surface area contributed by atoms with Crippen molar-refractivity contribution in [3.05, 3.63) is 47.5 Å². The van der Waals surface area contributed by atoms with E-state index in [1.54, 1.807) is 0 Å². The molecule has 2 N–H and O–H groups in total. The number of aryl methyl sites for hydroxylation is 2. The highest BCUT2D eigenvalue weighted by atomic mass is 16.7. The van der Waals surface area contributed by atoms with Crippen LogP contribution in [0.15, 0.2) is 36.4 Å². The first-order valence-electron chi connectivity index (χ1n) is 13.2. The molecule has 0 bridgehead atoms. The van der Waals surface area contributed by atoms with Crippen molar-refractivity contribution in [2.24, 2.45) is 0 Å². The Hall–Kier alpha value is -1.99. The second kappa shape index (κ2) is 9.39. The highest BCUT2D eigenvalue weighted by molar-refractivity contribution is 6.64. The summed E-state index contributed by atoms with van der Waals surface area (Å²) in [5.74, 6) is 0. The maximum Gasteiger partial charge on any atom is 0.497 e. The quantitative estimate of drug-likeness (QED) is 0.426. The summed E-state index contributed by atoms with van der Waals surface area (Å²) in [7, 11) is -0.924. The fourth-order valence-corrected chi connectivity index (χ4v) is 4.36.